The molecular weight excluding hydrogens is 405 g/mol. The SMILES string of the molecule is Fc1cccc(COc2cccc(CNc3ccc(Br)c(Cl)c3)c2)c1. The zero-order valence-corrected chi connectivity index (χ0v) is 15.6. The van der Waals surface area contributed by atoms with Crippen molar-refractivity contribution in [1.82, 2.24) is 0 Å². The number of halogens is 3. The molecule has 0 amide bonds. The highest BCUT2D eigenvalue weighted by Gasteiger charge is 2.02. The number of ether oxygens (including phenoxy) is 1. The highest BCUT2D eigenvalue weighted by molar-refractivity contribution is 9.10. The van der Waals surface area contributed by atoms with Crippen LogP contribution in [0, 0.1) is 5.82 Å². The first kappa shape index (κ1) is 17.8. The molecule has 1 N–H and O–H groups in total. The van der Waals surface area contributed by atoms with E-state index in [1.165, 1.54) is 12.1 Å². The third kappa shape index (κ3) is 5.21. The van der Waals surface area contributed by atoms with Gasteiger partial charge < -0.3 is 10.1 Å². The van der Waals surface area contributed by atoms with E-state index in [4.69, 9.17) is 16.3 Å². The molecule has 0 aliphatic heterocycles. The molecule has 0 atom stereocenters. The first-order valence-electron chi connectivity index (χ1n) is 7.75. The molecule has 3 aromatic rings. The molecule has 0 radical (unpaired) electrons. The molecule has 0 saturated heterocycles. The second-order valence-electron chi connectivity index (χ2n) is 5.55. The van der Waals surface area contributed by atoms with Crippen LogP contribution in [0.1, 0.15) is 11.1 Å². The van der Waals surface area contributed by atoms with E-state index in [9.17, 15) is 4.39 Å². The van der Waals surface area contributed by atoms with Gasteiger partial charge in [0.15, 0.2) is 0 Å². The molecule has 0 spiro atoms. The van der Waals surface area contributed by atoms with Crippen LogP contribution >= 0.6 is 27.5 Å². The molecular formula is C20H16BrClFNO. The van der Waals surface area contributed by atoms with Gasteiger partial charge in [0.2, 0.25) is 0 Å². The quantitative estimate of drug-likeness (QED) is 0.496. The van der Waals surface area contributed by atoms with E-state index in [0.29, 0.717) is 18.2 Å². The topological polar surface area (TPSA) is 21.3 Å². The average molecular weight is 421 g/mol. The van der Waals surface area contributed by atoms with E-state index in [-0.39, 0.29) is 5.82 Å². The lowest BCUT2D eigenvalue weighted by atomic mass is 10.2. The summed E-state index contributed by atoms with van der Waals surface area (Å²) in [4.78, 5) is 0. The Balaban J connectivity index is 1.60. The monoisotopic (exact) mass is 419 g/mol. The summed E-state index contributed by atoms with van der Waals surface area (Å²) < 4.78 is 19.8. The van der Waals surface area contributed by atoms with Crippen LogP contribution in [0.25, 0.3) is 0 Å². The van der Waals surface area contributed by atoms with Gasteiger partial charge in [-0.15, -0.1) is 0 Å². The Bertz CT molecular complexity index is 872. The van der Waals surface area contributed by atoms with Crippen molar-refractivity contribution in [3.63, 3.8) is 0 Å². The maximum Gasteiger partial charge on any atom is 0.123 e. The lowest BCUT2D eigenvalue weighted by Gasteiger charge is -2.10. The summed E-state index contributed by atoms with van der Waals surface area (Å²) in [5, 5.41) is 3.99. The highest BCUT2D eigenvalue weighted by atomic mass is 79.9. The molecule has 0 aromatic heterocycles. The predicted molar refractivity (Wildman–Crippen MR) is 104 cm³/mol. The van der Waals surface area contributed by atoms with E-state index in [0.717, 1.165) is 27.0 Å². The summed E-state index contributed by atoms with van der Waals surface area (Å²) in [7, 11) is 0. The zero-order valence-electron chi connectivity index (χ0n) is 13.3. The van der Waals surface area contributed by atoms with Crippen molar-refractivity contribution < 1.29 is 9.13 Å². The predicted octanol–water partition coefficient (Wildman–Crippen LogP) is 6.43. The van der Waals surface area contributed by atoms with Gasteiger partial charge in [-0.05, 0) is 69.5 Å². The highest BCUT2D eigenvalue weighted by Crippen LogP contribution is 2.26. The summed E-state index contributed by atoms with van der Waals surface area (Å²) in [5.41, 5.74) is 2.82. The Hall–Kier alpha value is -2.04. The number of nitrogens with one attached hydrogen (secondary N) is 1. The lowest BCUT2D eigenvalue weighted by molar-refractivity contribution is 0.305. The molecule has 128 valence electrons. The number of rotatable bonds is 6. The minimum Gasteiger partial charge on any atom is -0.489 e. The zero-order chi connectivity index (χ0) is 17.6. The summed E-state index contributed by atoms with van der Waals surface area (Å²) in [6.45, 7) is 0.978. The van der Waals surface area contributed by atoms with Gasteiger partial charge in [0.1, 0.15) is 18.2 Å². The second kappa shape index (κ2) is 8.37. The first-order chi connectivity index (χ1) is 12.1. The number of benzene rings is 3. The van der Waals surface area contributed by atoms with Gasteiger partial charge >= 0.3 is 0 Å². The van der Waals surface area contributed by atoms with Crippen LogP contribution in [-0.4, -0.2) is 0 Å². The second-order valence-corrected chi connectivity index (χ2v) is 6.81. The fourth-order valence-electron chi connectivity index (χ4n) is 2.35. The normalized spacial score (nSPS) is 10.5. The molecule has 0 bridgehead atoms. The first-order valence-corrected chi connectivity index (χ1v) is 8.92. The smallest absolute Gasteiger partial charge is 0.123 e. The van der Waals surface area contributed by atoms with Crippen LogP contribution in [0.2, 0.25) is 5.02 Å². The van der Waals surface area contributed by atoms with Crippen molar-refractivity contribution in [3.05, 3.63) is 93.2 Å². The van der Waals surface area contributed by atoms with Gasteiger partial charge in [-0.1, -0.05) is 35.9 Å². The fourth-order valence-corrected chi connectivity index (χ4v) is 2.78. The minimum atomic E-state index is -0.257. The molecule has 0 fully saturated rings. The molecule has 3 aromatic carbocycles. The Morgan fingerprint density at radius 2 is 1.76 bits per heavy atom. The Labute approximate surface area is 159 Å². The van der Waals surface area contributed by atoms with Crippen LogP contribution in [0.15, 0.2) is 71.2 Å². The molecule has 0 aliphatic carbocycles. The van der Waals surface area contributed by atoms with E-state index < -0.39 is 0 Å². The van der Waals surface area contributed by atoms with E-state index in [1.54, 1.807) is 6.07 Å². The van der Waals surface area contributed by atoms with Gasteiger partial charge in [-0.2, -0.15) is 0 Å². The van der Waals surface area contributed by atoms with Crippen molar-refractivity contribution in [1.29, 1.82) is 0 Å². The van der Waals surface area contributed by atoms with E-state index >= 15 is 0 Å². The van der Waals surface area contributed by atoms with E-state index in [1.807, 2.05) is 48.5 Å². The van der Waals surface area contributed by atoms with Crippen LogP contribution in [0.3, 0.4) is 0 Å². The van der Waals surface area contributed by atoms with E-state index in [2.05, 4.69) is 21.2 Å². The van der Waals surface area contributed by atoms with Crippen LogP contribution in [-0.2, 0) is 13.2 Å². The van der Waals surface area contributed by atoms with Gasteiger partial charge in [0.05, 0.1) is 5.02 Å². The molecule has 25 heavy (non-hydrogen) atoms. The van der Waals surface area contributed by atoms with Crippen LogP contribution in [0.4, 0.5) is 10.1 Å². The molecule has 2 nitrogen and oxygen atoms in total. The molecule has 0 saturated carbocycles. The van der Waals surface area contributed by atoms with Crippen molar-refractivity contribution in [2.24, 2.45) is 0 Å². The Morgan fingerprint density at radius 3 is 2.56 bits per heavy atom. The van der Waals surface area contributed by atoms with Gasteiger partial charge in [-0.3, -0.25) is 0 Å². The summed E-state index contributed by atoms with van der Waals surface area (Å²) >= 11 is 9.47. The van der Waals surface area contributed by atoms with Crippen molar-refractivity contribution in [2.75, 3.05) is 5.32 Å². The van der Waals surface area contributed by atoms with Gasteiger partial charge in [0, 0.05) is 16.7 Å². The maximum absolute atomic E-state index is 13.2. The largest absolute Gasteiger partial charge is 0.489 e. The minimum absolute atomic E-state index is 0.257. The van der Waals surface area contributed by atoms with Gasteiger partial charge in [0.25, 0.3) is 0 Å². The van der Waals surface area contributed by atoms with Crippen LogP contribution < -0.4 is 10.1 Å². The number of hydrogen-bond donors (Lipinski definition) is 1. The van der Waals surface area contributed by atoms with Crippen molar-refractivity contribution in [3.8, 4) is 5.75 Å². The lowest BCUT2D eigenvalue weighted by Crippen LogP contribution is -2.01. The Kier molecular flexibility index (Phi) is 5.95. The molecule has 0 aliphatic rings. The van der Waals surface area contributed by atoms with Crippen molar-refractivity contribution >= 4 is 33.2 Å². The third-order valence-electron chi connectivity index (χ3n) is 3.61. The summed E-state index contributed by atoms with van der Waals surface area (Å²) in [6.07, 6.45) is 0. The van der Waals surface area contributed by atoms with Gasteiger partial charge in [-0.25, -0.2) is 4.39 Å². The molecule has 0 heterocycles. The average Bonchev–Trinajstić information content (AvgIpc) is 2.61. The summed E-state index contributed by atoms with van der Waals surface area (Å²) in [6, 6.07) is 20.0. The molecule has 0 unspecified atom stereocenters. The fraction of sp³-hybridized carbons (Fsp3) is 0.100. The Morgan fingerprint density at radius 1 is 0.960 bits per heavy atom. The molecule has 3 rings (SSSR count). The third-order valence-corrected chi connectivity index (χ3v) is 4.84. The standard InChI is InChI=1S/C20H16BrClFNO/c21-19-8-7-17(11-20(19)22)24-12-14-3-2-6-18(10-14)25-13-15-4-1-5-16(23)9-15/h1-11,24H,12-13H2. The molecule has 5 heteroatoms. The van der Waals surface area contributed by atoms with Crippen LogP contribution in [0.5, 0.6) is 5.75 Å². The van der Waals surface area contributed by atoms with Crippen molar-refractivity contribution in [2.45, 2.75) is 13.2 Å². The number of anilines is 1. The summed E-state index contributed by atoms with van der Waals surface area (Å²) in [5.74, 6) is 0.490. The number of hydrogen-bond acceptors (Lipinski definition) is 2. The maximum atomic E-state index is 13.2.